The van der Waals surface area contributed by atoms with Crippen molar-refractivity contribution in [3.05, 3.63) is 90.0 Å². The molecule has 0 amide bonds. The lowest BCUT2D eigenvalue weighted by Gasteiger charge is -2.07. The third-order valence-corrected chi connectivity index (χ3v) is 4.93. The summed E-state index contributed by atoms with van der Waals surface area (Å²) in [5, 5.41) is 21.3. The summed E-state index contributed by atoms with van der Waals surface area (Å²) < 4.78 is 3.56. The van der Waals surface area contributed by atoms with Gasteiger partial charge >= 0.3 is 0 Å². The first-order valence-electron chi connectivity index (χ1n) is 9.76. The van der Waals surface area contributed by atoms with E-state index in [1.807, 2.05) is 78.5 Å². The van der Waals surface area contributed by atoms with Crippen LogP contribution in [0, 0.1) is 18.3 Å². The van der Waals surface area contributed by atoms with Crippen LogP contribution in [0.4, 0.5) is 5.82 Å². The Kier molecular flexibility index (Phi) is 4.61. The fourth-order valence-electron chi connectivity index (χ4n) is 3.35. The summed E-state index contributed by atoms with van der Waals surface area (Å²) >= 11 is 0. The van der Waals surface area contributed by atoms with Gasteiger partial charge in [-0.15, -0.1) is 5.10 Å². The van der Waals surface area contributed by atoms with E-state index in [0.717, 1.165) is 39.8 Å². The number of fused-ring (bicyclic) bond motifs is 1. The minimum Gasteiger partial charge on any atom is -0.364 e. The lowest BCUT2D eigenvalue weighted by atomic mass is 10.1. The molecule has 1 N–H and O–H groups in total. The number of aryl methyl sites for hydroxylation is 1. The monoisotopic (exact) mass is 406 g/mol. The predicted octanol–water partition coefficient (Wildman–Crippen LogP) is 3.77. The molecule has 8 nitrogen and oxygen atoms in total. The number of hydrogen-bond acceptors (Lipinski definition) is 6. The second kappa shape index (κ2) is 7.72. The van der Waals surface area contributed by atoms with Crippen LogP contribution in [-0.2, 0) is 6.54 Å². The van der Waals surface area contributed by atoms with Crippen molar-refractivity contribution in [2.45, 2.75) is 13.5 Å². The summed E-state index contributed by atoms with van der Waals surface area (Å²) in [7, 11) is 0. The molecule has 8 heteroatoms. The maximum absolute atomic E-state index is 8.96. The SMILES string of the molecule is Cc1cccc(-n2nc(NCc3ccc(C#N)cc3)cc2-c2ccc3ncnn3c2)n1. The van der Waals surface area contributed by atoms with Gasteiger partial charge in [0.25, 0.3) is 0 Å². The highest BCUT2D eigenvalue weighted by Gasteiger charge is 2.14. The summed E-state index contributed by atoms with van der Waals surface area (Å²) in [6.45, 7) is 2.55. The summed E-state index contributed by atoms with van der Waals surface area (Å²) in [4.78, 5) is 8.85. The molecule has 0 aliphatic heterocycles. The molecule has 4 aromatic heterocycles. The maximum atomic E-state index is 8.96. The van der Waals surface area contributed by atoms with Crippen molar-refractivity contribution >= 4 is 11.5 Å². The van der Waals surface area contributed by atoms with E-state index in [0.29, 0.717) is 12.1 Å². The van der Waals surface area contributed by atoms with Gasteiger partial charge < -0.3 is 5.32 Å². The fourth-order valence-corrected chi connectivity index (χ4v) is 3.35. The second-order valence-corrected chi connectivity index (χ2v) is 7.11. The molecule has 0 saturated heterocycles. The zero-order valence-corrected chi connectivity index (χ0v) is 16.8. The van der Waals surface area contributed by atoms with E-state index in [1.165, 1.54) is 6.33 Å². The van der Waals surface area contributed by atoms with Gasteiger partial charge in [-0.1, -0.05) is 18.2 Å². The van der Waals surface area contributed by atoms with Crippen molar-refractivity contribution in [3.8, 4) is 23.1 Å². The minimum absolute atomic E-state index is 0.589. The Morgan fingerprint density at radius 3 is 2.74 bits per heavy atom. The Balaban J connectivity index is 1.52. The normalized spacial score (nSPS) is 10.8. The Bertz CT molecular complexity index is 1410. The van der Waals surface area contributed by atoms with Crippen molar-refractivity contribution in [1.82, 2.24) is 29.4 Å². The molecular formula is C23H18N8. The molecule has 0 atom stereocenters. The average molecular weight is 406 g/mol. The molecule has 5 rings (SSSR count). The van der Waals surface area contributed by atoms with Crippen LogP contribution in [-0.4, -0.2) is 29.4 Å². The average Bonchev–Trinajstić information content (AvgIpc) is 3.44. The van der Waals surface area contributed by atoms with E-state index in [2.05, 4.69) is 26.5 Å². The third kappa shape index (κ3) is 3.72. The number of nitrogens with zero attached hydrogens (tertiary/aromatic N) is 7. The Morgan fingerprint density at radius 2 is 1.94 bits per heavy atom. The van der Waals surface area contributed by atoms with Gasteiger partial charge in [-0.2, -0.15) is 10.4 Å². The Labute approximate surface area is 178 Å². The molecule has 0 aliphatic rings. The fraction of sp³-hybridized carbons (Fsp3) is 0.0870. The molecule has 5 aromatic rings. The molecule has 0 fully saturated rings. The van der Waals surface area contributed by atoms with E-state index in [9.17, 15) is 0 Å². The van der Waals surface area contributed by atoms with Gasteiger partial charge in [-0.25, -0.2) is 19.2 Å². The molecular weight excluding hydrogens is 388 g/mol. The first-order chi connectivity index (χ1) is 15.2. The molecule has 4 heterocycles. The standard InChI is InChI=1S/C23H18N8/c1-16-3-2-4-23(28-16)31-20(19-9-10-22-26-15-27-30(22)14-19)11-21(29-31)25-13-18-7-5-17(12-24)6-8-18/h2-11,14-15H,13H2,1H3,(H,25,29). The molecule has 0 bridgehead atoms. The highest BCUT2D eigenvalue weighted by atomic mass is 15.3. The van der Waals surface area contributed by atoms with Crippen molar-refractivity contribution in [2.24, 2.45) is 0 Å². The van der Waals surface area contributed by atoms with E-state index in [-0.39, 0.29) is 0 Å². The molecule has 0 spiro atoms. The smallest absolute Gasteiger partial charge is 0.155 e. The summed E-state index contributed by atoms with van der Waals surface area (Å²) in [6, 6.07) is 21.4. The number of hydrogen-bond donors (Lipinski definition) is 1. The Morgan fingerprint density at radius 1 is 1.06 bits per heavy atom. The van der Waals surface area contributed by atoms with Gasteiger partial charge in [0.15, 0.2) is 11.5 Å². The molecule has 31 heavy (non-hydrogen) atoms. The molecule has 0 saturated carbocycles. The van der Waals surface area contributed by atoms with Crippen LogP contribution in [0.15, 0.2) is 73.2 Å². The van der Waals surface area contributed by atoms with E-state index >= 15 is 0 Å². The topological polar surface area (TPSA) is 96.7 Å². The summed E-state index contributed by atoms with van der Waals surface area (Å²) in [5.74, 6) is 1.46. The van der Waals surface area contributed by atoms with Crippen LogP contribution < -0.4 is 5.32 Å². The maximum Gasteiger partial charge on any atom is 0.155 e. The van der Waals surface area contributed by atoms with Crippen LogP contribution in [0.25, 0.3) is 22.7 Å². The third-order valence-electron chi connectivity index (χ3n) is 4.93. The second-order valence-electron chi connectivity index (χ2n) is 7.11. The van der Waals surface area contributed by atoms with Crippen molar-refractivity contribution in [3.63, 3.8) is 0 Å². The van der Waals surface area contributed by atoms with Crippen molar-refractivity contribution < 1.29 is 0 Å². The molecule has 0 aliphatic carbocycles. The summed E-state index contributed by atoms with van der Waals surface area (Å²) in [5.41, 5.74) is 5.23. The van der Waals surface area contributed by atoms with Gasteiger partial charge in [0.05, 0.1) is 17.3 Å². The lowest BCUT2D eigenvalue weighted by Crippen LogP contribution is -2.04. The lowest BCUT2D eigenvalue weighted by molar-refractivity contribution is 0.844. The molecule has 150 valence electrons. The molecule has 0 radical (unpaired) electrons. The highest BCUT2D eigenvalue weighted by molar-refractivity contribution is 5.66. The molecule has 0 unspecified atom stereocenters. The molecule has 1 aromatic carbocycles. The number of benzene rings is 1. The first-order valence-corrected chi connectivity index (χ1v) is 9.76. The van der Waals surface area contributed by atoms with Crippen LogP contribution in [0.3, 0.4) is 0 Å². The first kappa shape index (κ1) is 18.5. The van der Waals surface area contributed by atoms with Crippen LogP contribution in [0.1, 0.15) is 16.8 Å². The van der Waals surface area contributed by atoms with Gasteiger partial charge in [0, 0.05) is 30.1 Å². The zero-order valence-electron chi connectivity index (χ0n) is 16.8. The zero-order chi connectivity index (χ0) is 21.2. The number of anilines is 1. The van der Waals surface area contributed by atoms with Crippen LogP contribution in [0.2, 0.25) is 0 Å². The number of aromatic nitrogens is 6. The van der Waals surface area contributed by atoms with E-state index in [1.54, 1.807) is 4.52 Å². The van der Waals surface area contributed by atoms with Gasteiger partial charge in [0.2, 0.25) is 0 Å². The van der Waals surface area contributed by atoms with Crippen LogP contribution >= 0.6 is 0 Å². The van der Waals surface area contributed by atoms with Gasteiger partial charge in [-0.05, 0) is 48.9 Å². The van der Waals surface area contributed by atoms with E-state index in [4.69, 9.17) is 10.4 Å². The van der Waals surface area contributed by atoms with Crippen LogP contribution in [0.5, 0.6) is 0 Å². The van der Waals surface area contributed by atoms with Crippen molar-refractivity contribution in [1.29, 1.82) is 5.26 Å². The number of nitrogens with one attached hydrogen (secondary N) is 1. The largest absolute Gasteiger partial charge is 0.364 e. The van der Waals surface area contributed by atoms with Crippen molar-refractivity contribution in [2.75, 3.05) is 5.32 Å². The predicted molar refractivity (Wildman–Crippen MR) is 117 cm³/mol. The quantitative estimate of drug-likeness (QED) is 0.477. The Hall–Kier alpha value is -4.51. The minimum atomic E-state index is 0.589. The van der Waals surface area contributed by atoms with E-state index < -0.39 is 0 Å². The number of rotatable bonds is 5. The van der Waals surface area contributed by atoms with Gasteiger partial charge in [-0.3, -0.25) is 0 Å². The summed E-state index contributed by atoms with van der Waals surface area (Å²) in [6.07, 6.45) is 3.46. The highest BCUT2D eigenvalue weighted by Crippen LogP contribution is 2.26. The number of nitriles is 1. The van der Waals surface area contributed by atoms with Gasteiger partial charge in [0.1, 0.15) is 12.1 Å². The number of pyridine rings is 2.